The fourth-order valence-electron chi connectivity index (χ4n) is 1.89. The lowest BCUT2D eigenvalue weighted by Crippen LogP contribution is -2.17. The van der Waals surface area contributed by atoms with Gasteiger partial charge in [0, 0.05) is 30.1 Å². The van der Waals surface area contributed by atoms with E-state index in [-0.39, 0.29) is 11.6 Å². The Bertz CT molecular complexity index is 706. The van der Waals surface area contributed by atoms with Gasteiger partial charge in [0.25, 0.3) is 5.91 Å². The smallest absolute Gasteiger partial charge is 0.274 e. The summed E-state index contributed by atoms with van der Waals surface area (Å²) in [5.41, 5.74) is 2.56. The molecule has 0 spiro atoms. The van der Waals surface area contributed by atoms with Gasteiger partial charge in [0.2, 0.25) is 5.95 Å². The number of aryl methyl sites for hydroxylation is 2. The maximum absolute atomic E-state index is 12.3. The Morgan fingerprint density at radius 3 is 2.74 bits per heavy atom. The number of aromatic nitrogens is 2. The lowest BCUT2D eigenvalue weighted by Gasteiger charge is -2.09. The van der Waals surface area contributed by atoms with Crippen LogP contribution in [-0.4, -0.2) is 36.1 Å². The van der Waals surface area contributed by atoms with Gasteiger partial charge in [-0.3, -0.25) is 4.79 Å². The molecule has 0 bridgehead atoms. The van der Waals surface area contributed by atoms with Crippen molar-refractivity contribution >= 4 is 29.1 Å². The Morgan fingerprint density at radius 1 is 1.26 bits per heavy atom. The van der Waals surface area contributed by atoms with Crippen molar-refractivity contribution in [3.8, 4) is 0 Å². The molecule has 6 nitrogen and oxygen atoms in total. The summed E-state index contributed by atoms with van der Waals surface area (Å²) < 4.78 is 4.96. The number of amides is 1. The van der Waals surface area contributed by atoms with Crippen LogP contribution in [0.25, 0.3) is 0 Å². The predicted octanol–water partition coefficient (Wildman–Crippen LogP) is 3.06. The quantitative estimate of drug-likeness (QED) is 0.794. The Labute approximate surface area is 140 Å². The Balaban J connectivity index is 2.13. The van der Waals surface area contributed by atoms with E-state index in [2.05, 4.69) is 20.6 Å². The number of hydrogen-bond acceptors (Lipinski definition) is 5. The molecule has 0 saturated heterocycles. The molecule has 0 unspecified atom stereocenters. The molecule has 1 heterocycles. The molecular formula is C16H19ClN4O2. The fraction of sp³-hybridized carbons (Fsp3) is 0.312. The number of carbonyl (C=O) groups excluding carboxylic acids is 1. The first-order valence-corrected chi connectivity index (χ1v) is 7.53. The number of benzene rings is 1. The average Bonchev–Trinajstić information content (AvgIpc) is 2.51. The summed E-state index contributed by atoms with van der Waals surface area (Å²) in [5.74, 6) is 0.0827. The normalized spacial score (nSPS) is 10.4. The molecule has 1 aromatic carbocycles. The Morgan fingerprint density at radius 2 is 2.04 bits per heavy atom. The second-order valence-electron chi connectivity index (χ2n) is 5.06. The third-order valence-electron chi connectivity index (χ3n) is 3.11. The molecule has 0 aliphatic heterocycles. The van der Waals surface area contributed by atoms with Crippen LogP contribution in [0, 0.1) is 13.8 Å². The predicted molar refractivity (Wildman–Crippen MR) is 91.3 cm³/mol. The van der Waals surface area contributed by atoms with Crippen LogP contribution in [0.5, 0.6) is 0 Å². The second-order valence-corrected chi connectivity index (χ2v) is 5.46. The number of nitrogens with zero attached hydrogens (tertiary/aromatic N) is 2. The summed E-state index contributed by atoms with van der Waals surface area (Å²) in [7, 11) is 1.62. The molecule has 7 heteroatoms. The second kappa shape index (κ2) is 7.89. The zero-order valence-corrected chi connectivity index (χ0v) is 14.1. The van der Waals surface area contributed by atoms with E-state index in [4.69, 9.17) is 16.3 Å². The van der Waals surface area contributed by atoms with Crippen LogP contribution in [0.1, 0.15) is 21.7 Å². The molecule has 2 aromatic rings. The lowest BCUT2D eigenvalue weighted by atomic mass is 10.2. The fourth-order valence-corrected chi connectivity index (χ4v) is 2.08. The molecule has 2 rings (SSSR count). The number of carbonyl (C=O) groups is 1. The van der Waals surface area contributed by atoms with Gasteiger partial charge < -0.3 is 15.4 Å². The third kappa shape index (κ3) is 4.91. The van der Waals surface area contributed by atoms with E-state index in [1.165, 1.54) is 0 Å². The van der Waals surface area contributed by atoms with Crippen molar-refractivity contribution in [2.45, 2.75) is 13.8 Å². The molecular weight excluding hydrogens is 316 g/mol. The van der Waals surface area contributed by atoms with Gasteiger partial charge in [-0.05, 0) is 37.6 Å². The third-order valence-corrected chi connectivity index (χ3v) is 3.51. The van der Waals surface area contributed by atoms with Gasteiger partial charge >= 0.3 is 0 Å². The van der Waals surface area contributed by atoms with Gasteiger partial charge in [0.15, 0.2) is 0 Å². The molecule has 0 atom stereocenters. The van der Waals surface area contributed by atoms with Crippen LogP contribution in [0.15, 0.2) is 24.3 Å². The van der Waals surface area contributed by atoms with Crippen molar-refractivity contribution in [2.24, 2.45) is 0 Å². The molecule has 0 aliphatic carbocycles. The summed E-state index contributed by atoms with van der Waals surface area (Å²) in [4.78, 5) is 20.8. The zero-order chi connectivity index (χ0) is 16.8. The first kappa shape index (κ1) is 17.2. The molecule has 0 saturated carbocycles. The van der Waals surface area contributed by atoms with Crippen molar-refractivity contribution in [1.82, 2.24) is 9.97 Å². The Kier molecular flexibility index (Phi) is 5.90. The van der Waals surface area contributed by atoms with Crippen LogP contribution in [0.3, 0.4) is 0 Å². The number of rotatable bonds is 6. The highest BCUT2D eigenvalue weighted by molar-refractivity contribution is 6.31. The van der Waals surface area contributed by atoms with Gasteiger partial charge in [-0.15, -0.1) is 0 Å². The minimum Gasteiger partial charge on any atom is -0.383 e. The van der Waals surface area contributed by atoms with Crippen molar-refractivity contribution in [3.05, 3.63) is 46.2 Å². The summed E-state index contributed by atoms with van der Waals surface area (Å²) >= 11 is 6.07. The van der Waals surface area contributed by atoms with Crippen molar-refractivity contribution in [3.63, 3.8) is 0 Å². The number of halogens is 1. The minimum absolute atomic E-state index is 0.286. The zero-order valence-electron chi connectivity index (χ0n) is 13.3. The molecule has 1 aromatic heterocycles. The number of hydrogen-bond donors (Lipinski definition) is 2. The van der Waals surface area contributed by atoms with Crippen molar-refractivity contribution in [2.75, 3.05) is 30.9 Å². The maximum Gasteiger partial charge on any atom is 0.274 e. The van der Waals surface area contributed by atoms with Crippen LogP contribution in [0.4, 0.5) is 11.6 Å². The molecule has 23 heavy (non-hydrogen) atoms. The first-order chi connectivity index (χ1) is 11.0. The van der Waals surface area contributed by atoms with E-state index in [1.54, 1.807) is 25.3 Å². The van der Waals surface area contributed by atoms with E-state index < -0.39 is 0 Å². The summed E-state index contributed by atoms with van der Waals surface area (Å²) in [5, 5.41) is 6.40. The Hall–Kier alpha value is -2.18. The molecule has 0 radical (unpaired) electrons. The SMILES string of the molecule is COCCNc1nc(C)cc(C(=O)Nc2ccc(C)c(Cl)c2)n1. The van der Waals surface area contributed by atoms with E-state index in [1.807, 2.05) is 19.9 Å². The van der Waals surface area contributed by atoms with E-state index >= 15 is 0 Å². The molecule has 2 N–H and O–H groups in total. The summed E-state index contributed by atoms with van der Waals surface area (Å²) in [6.07, 6.45) is 0. The van der Waals surface area contributed by atoms with Crippen LogP contribution >= 0.6 is 11.6 Å². The lowest BCUT2D eigenvalue weighted by molar-refractivity contribution is 0.102. The summed E-state index contributed by atoms with van der Waals surface area (Å²) in [6.45, 7) is 4.80. The summed E-state index contributed by atoms with van der Waals surface area (Å²) in [6, 6.07) is 6.99. The van der Waals surface area contributed by atoms with Gasteiger partial charge in [-0.1, -0.05) is 17.7 Å². The highest BCUT2D eigenvalue weighted by Crippen LogP contribution is 2.20. The van der Waals surface area contributed by atoms with Crippen LogP contribution < -0.4 is 10.6 Å². The largest absolute Gasteiger partial charge is 0.383 e. The van der Waals surface area contributed by atoms with Crippen LogP contribution in [0.2, 0.25) is 5.02 Å². The monoisotopic (exact) mass is 334 g/mol. The highest BCUT2D eigenvalue weighted by Gasteiger charge is 2.11. The number of nitrogens with one attached hydrogen (secondary N) is 2. The topological polar surface area (TPSA) is 76.1 Å². The minimum atomic E-state index is -0.315. The molecule has 122 valence electrons. The van der Waals surface area contributed by atoms with Crippen molar-refractivity contribution < 1.29 is 9.53 Å². The van der Waals surface area contributed by atoms with E-state index in [9.17, 15) is 4.79 Å². The van der Waals surface area contributed by atoms with Gasteiger partial charge in [-0.25, -0.2) is 9.97 Å². The number of ether oxygens (including phenoxy) is 1. The number of methoxy groups -OCH3 is 1. The standard InChI is InChI=1S/C16H19ClN4O2/c1-10-4-5-12(9-13(10)17)20-15(22)14-8-11(2)19-16(21-14)18-6-7-23-3/h4-5,8-9H,6-7H2,1-3H3,(H,20,22)(H,18,19,21). The van der Waals surface area contributed by atoms with Crippen LogP contribution in [-0.2, 0) is 4.74 Å². The molecule has 1 amide bonds. The molecule has 0 aliphatic rings. The van der Waals surface area contributed by atoms with Gasteiger partial charge in [0.05, 0.1) is 6.61 Å². The van der Waals surface area contributed by atoms with E-state index in [0.717, 1.165) is 5.56 Å². The van der Waals surface area contributed by atoms with Gasteiger partial charge in [-0.2, -0.15) is 0 Å². The molecule has 0 fully saturated rings. The first-order valence-electron chi connectivity index (χ1n) is 7.15. The average molecular weight is 335 g/mol. The highest BCUT2D eigenvalue weighted by atomic mass is 35.5. The van der Waals surface area contributed by atoms with Gasteiger partial charge in [0.1, 0.15) is 5.69 Å². The van der Waals surface area contributed by atoms with Crippen molar-refractivity contribution in [1.29, 1.82) is 0 Å². The van der Waals surface area contributed by atoms with E-state index in [0.29, 0.717) is 35.5 Å². The maximum atomic E-state index is 12.3. The number of anilines is 2.